The number of carbonyl (C=O) groups excluding carboxylic acids is 1. The van der Waals surface area contributed by atoms with Crippen molar-refractivity contribution in [1.82, 2.24) is 25.5 Å². The molecule has 0 aliphatic carbocycles. The lowest BCUT2D eigenvalue weighted by Crippen LogP contribution is -2.28. The van der Waals surface area contributed by atoms with Gasteiger partial charge in [-0.3, -0.25) is 14.7 Å². The molecule has 2 aromatic heterocycles. The van der Waals surface area contributed by atoms with Gasteiger partial charge < -0.3 is 10.3 Å². The van der Waals surface area contributed by atoms with Crippen molar-refractivity contribution in [2.75, 3.05) is 0 Å². The lowest BCUT2D eigenvalue weighted by Gasteiger charge is -2.08. The maximum absolute atomic E-state index is 12.1. The van der Waals surface area contributed by atoms with Gasteiger partial charge in [0.1, 0.15) is 5.82 Å². The number of amides is 1. The summed E-state index contributed by atoms with van der Waals surface area (Å²) in [6.45, 7) is 3.85. The molecule has 1 aromatic carbocycles. The van der Waals surface area contributed by atoms with E-state index in [1.807, 2.05) is 30.3 Å². The average molecular weight is 337 g/mol. The highest BCUT2D eigenvalue weighted by Gasteiger charge is 2.11. The van der Waals surface area contributed by atoms with Crippen LogP contribution in [0, 0.1) is 13.8 Å². The number of rotatable bonds is 5. The number of carbonyl (C=O) groups is 1. The van der Waals surface area contributed by atoms with E-state index in [0.717, 1.165) is 16.8 Å². The Bertz CT molecular complexity index is 927. The molecule has 3 N–H and O–H groups in total. The number of nitrogens with zero attached hydrogens (tertiary/aromatic N) is 2. The molecule has 0 saturated heterocycles. The van der Waals surface area contributed by atoms with Crippen molar-refractivity contribution in [3.63, 3.8) is 0 Å². The van der Waals surface area contributed by atoms with Gasteiger partial charge in [0.15, 0.2) is 0 Å². The highest BCUT2D eigenvalue weighted by molar-refractivity contribution is 5.78. The van der Waals surface area contributed by atoms with Gasteiger partial charge in [-0.1, -0.05) is 24.3 Å². The molecule has 7 heteroatoms. The first-order valence-corrected chi connectivity index (χ1v) is 7.94. The summed E-state index contributed by atoms with van der Waals surface area (Å²) in [6, 6.07) is 9.72. The molecule has 7 nitrogen and oxygen atoms in total. The van der Waals surface area contributed by atoms with Crippen molar-refractivity contribution in [2.45, 2.75) is 26.8 Å². The first-order valence-electron chi connectivity index (χ1n) is 7.94. The van der Waals surface area contributed by atoms with Gasteiger partial charge in [-0.15, -0.1) is 0 Å². The molecule has 0 aliphatic heterocycles. The lowest BCUT2D eigenvalue weighted by atomic mass is 10.1. The topological polar surface area (TPSA) is 104 Å². The largest absolute Gasteiger partial charge is 0.352 e. The van der Waals surface area contributed by atoms with Gasteiger partial charge in [-0.25, -0.2) is 4.98 Å². The fourth-order valence-electron chi connectivity index (χ4n) is 2.60. The Kier molecular flexibility index (Phi) is 4.74. The maximum atomic E-state index is 12.1. The molecule has 3 rings (SSSR count). The zero-order valence-electron chi connectivity index (χ0n) is 14.1. The number of H-pyrrole nitrogens is 2. The molecule has 0 spiro atoms. The van der Waals surface area contributed by atoms with Crippen LogP contribution < -0.4 is 10.9 Å². The molecule has 1 amide bonds. The van der Waals surface area contributed by atoms with Crippen molar-refractivity contribution in [3.8, 4) is 11.3 Å². The molecular formula is C18H19N5O2. The molecule has 25 heavy (non-hydrogen) atoms. The van der Waals surface area contributed by atoms with Crippen LogP contribution in [0.5, 0.6) is 0 Å². The van der Waals surface area contributed by atoms with Crippen LogP contribution in [0.1, 0.15) is 22.6 Å². The molecule has 3 aromatic rings. The zero-order chi connectivity index (χ0) is 17.8. The first kappa shape index (κ1) is 16.6. The van der Waals surface area contributed by atoms with Crippen LogP contribution in [0.25, 0.3) is 11.3 Å². The van der Waals surface area contributed by atoms with Gasteiger partial charge >= 0.3 is 0 Å². The predicted octanol–water partition coefficient (Wildman–Crippen LogP) is 1.64. The summed E-state index contributed by atoms with van der Waals surface area (Å²) in [5.41, 5.74) is 3.67. The standard InChI is InChI=1S/C18H19N5O2/c1-11-15(18(25)22-12(2)21-11)9-17(24)19-10-13-3-5-14(6-4-13)16-7-8-20-23-16/h3-8H,9-10H2,1-2H3,(H,19,24)(H,20,23)(H,21,22,25). The smallest absolute Gasteiger partial charge is 0.254 e. The van der Waals surface area contributed by atoms with Crippen LogP contribution in [-0.2, 0) is 17.8 Å². The summed E-state index contributed by atoms with van der Waals surface area (Å²) in [4.78, 5) is 30.9. The molecule has 0 atom stereocenters. The fourth-order valence-corrected chi connectivity index (χ4v) is 2.60. The molecule has 0 aliphatic rings. The van der Waals surface area contributed by atoms with Crippen LogP contribution in [-0.4, -0.2) is 26.1 Å². The number of hydrogen-bond acceptors (Lipinski definition) is 4. The van der Waals surface area contributed by atoms with Gasteiger partial charge in [0, 0.05) is 24.0 Å². The van der Waals surface area contributed by atoms with Gasteiger partial charge in [0.05, 0.1) is 12.1 Å². The normalized spacial score (nSPS) is 10.6. The Morgan fingerprint density at radius 1 is 1.16 bits per heavy atom. The summed E-state index contributed by atoms with van der Waals surface area (Å²) in [5, 5.41) is 9.66. The van der Waals surface area contributed by atoms with E-state index in [0.29, 0.717) is 23.6 Å². The maximum Gasteiger partial charge on any atom is 0.254 e. The molecule has 128 valence electrons. The van der Waals surface area contributed by atoms with Gasteiger partial charge in [0.2, 0.25) is 5.91 Å². The van der Waals surface area contributed by atoms with E-state index in [2.05, 4.69) is 25.5 Å². The van der Waals surface area contributed by atoms with Crippen LogP contribution in [0.4, 0.5) is 0 Å². The van der Waals surface area contributed by atoms with Crippen molar-refractivity contribution in [3.05, 3.63) is 69.5 Å². The quantitative estimate of drug-likeness (QED) is 0.658. The molecule has 0 unspecified atom stereocenters. The second kappa shape index (κ2) is 7.12. The second-order valence-corrected chi connectivity index (χ2v) is 5.84. The molecular weight excluding hydrogens is 318 g/mol. The Morgan fingerprint density at radius 2 is 1.92 bits per heavy atom. The average Bonchev–Trinajstić information content (AvgIpc) is 3.11. The second-order valence-electron chi connectivity index (χ2n) is 5.84. The summed E-state index contributed by atoms with van der Waals surface area (Å²) >= 11 is 0. The summed E-state index contributed by atoms with van der Waals surface area (Å²) in [5.74, 6) is 0.334. The van der Waals surface area contributed by atoms with Crippen molar-refractivity contribution in [1.29, 1.82) is 0 Å². The van der Waals surface area contributed by atoms with Crippen molar-refractivity contribution in [2.24, 2.45) is 0 Å². The molecule has 0 saturated carbocycles. The van der Waals surface area contributed by atoms with E-state index in [9.17, 15) is 9.59 Å². The van der Waals surface area contributed by atoms with Crippen molar-refractivity contribution >= 4 is 5.91 Å². The number of aromatic nitrogens is 4. The number of benzene rings is 1. The zero-order valence-corrected chi connectivity index (χ0v) is 14.1. The molecule has 0 radical (unpaired) electrons. The highest BCUT2D eigenvalue weighted by Crippen LogP contribution is 2.16. The van der Waals surface area contributed by atoms with Gasteiger partial charge in [0.25, 0.3) is 5.56 Å². The predicted molar refractivity (Wildman–Crippen MR) is 93.9 cm³/mol. The number of aryl methyl sites for hydroxylation is 2. The minimum absolute atomic E-state index is 0.0146. The van der Waals surface area contributed by atoms with E-state index in [-0.39, 0.29) is 17.9 Å². The Hall–Kier alpha value is -3.22. The first-order chi connectivity index (χ1) is 12.0. The molecule has 2 heterocycles. The monoisotopic (exact) mass is 337 g/mol. The third-order valence-corrected chi connectivity index (χ3v) is 3.93. The van der Waals surface area contributed by atoms with E-state index in [1.54, 1.807) is 20.0 Å². The Balaban J connectivity index is 1.60. The molecule has 0 fully saturated rings. The minimum atomic E-state index is -0.260. The third kappa shape index (κ3) is 4.00. The van der Waals surface area contributed by atoms with Crippen LogP contribution in [0.2, 0.25) is 0 Å². The number of nitrogens with one attached hydrogen (secondary N) is 3. The van der Waals surface area contributed by atoms with E-state index >= 15 is 0 Å². The van der Waals surface area contributed by atoms with Gasteiger partial charge in [-0.05, 0) is 31.0 Å². The van der Waals surface area contributed by atoms with Crippen LogP contribution in [0.3, 0.4) is 0 Å². The summed E-state index contributed by atoms with van der Waals surface area (Å²) in [7, 11) is 0. The van der Waals surface area contributed by atoms with Gasteiger partial charge in [-0.2, -0.15) is 5.10 Å². The number of hydrogen-bond donors (Lipinski definition) is 3. The fraction of sp³-hybridized carbons (Fsp3) is 0.222. The van der Waals surface area contributed by atoms with E-state index in [1.165, 1.54) is 0 Å². The molecule has 0 bridgehead atoms. The number of aromatic amines is 2. The SMILES string of the molecule is Cc1nc(C)c(CC(=O)NCc2ccc(-c3ccn[nH]3)cc2)c(=O)[nH]1. The Morgan fingerprint density at radius 3 is 2.56 bits per heavy atom. The summed E-state index contributed by atoms with van der Waals surface area (Å²) in [6.07, 6.45) is 1.72. The minimum Gasteiger partial charge on any atom is -0.352 e. The third-order valence-electron chi connectivity index (χ3n) is 3.93. The highest BCUT2D eigenvalue weighted by atomic mass is 16.2. The lowest BCUT2D eigenvalue weighted by molar-refractivity contribution is -0.120. The Labute approximate surface area is 144 Å². The van der Waals surface area contributed by atoms with Crippen LogP contribution >= 0.6 is 0 Å². The van der Waals surface area contributed by atoms with Crippen molar-refractivity contribution < 1.29 is 4.79 Å². The van der Waals surface area contributed by atoms with E-state index in [4.69, 9.17) is 0 Å². The summed E-state index contributed by atoms with van der Waals surface area (Å²) < 4.78 is 0. The van der Waals surface area contributed by atoms with Crippen LogP contribution in [0.15, 0.2) is 41.3 Å². The van der Waals surface area contributed by atoms with E-state index < -0.39 is 0 Å².